The molecule has 1 unspecified atom stereocenters. The first-order chi connectivity index (χ1) is 20.6. The minimum absolute atomic E-state index is 0.0246. The lowest BCUT2D eigenvalue weighted by Gasteiger charge is -2.22. The second-order valence-corrected chi connectivity index (χ2v) is 12.6. The van der Waals surface area contributed by atoms with Gasteiger partial charge in [-0.2, -0.15) is 18.2 Å². The Bertz CT molecular complexity index is 1650. The van der Waals surface area contributed by atoms with E-state index in [0.717, 1.165) is 35.2 Å². The maximum Gasteiger partial charge on any atom is 0.421 e. The Labute approximate surface area is 252 Å². The molecule has 0 saturated carbocycles. The molecular weight excluding hydrogens is 606 g/mol. The van der Waals surface area contributed by atoms with Crippen LogP contribution >= 0.6 is 0 Å². The number of alkyl halides is 3. The van der Waals surface area contributed by atoms with Gasteiger partial charge in [0.25, 0.3) is 5.91 Å². The molecule has 3 N–H and O–H groups in total. The summed E-state index contributed by atoms with van der Waals surface area (Å²) in [5.74, 6) is -2.39. The third-order valence-corrected chi connectivity index (χ3v) is 8.32. The summed E-state index contributed by atoms with van der Waals surface area (Å²) >= 11 is 0. The van der Waals surface area contributed by atoms with Crippen LogP contribution in [0.25, 0.3) is 0 Å². The van der Waals surface area contributed by atoms with Crippen LogP contribution in [0.5, 0.6) is 5.75 Å². The third kappa shape index (κ3) is 7.66. The Morgan fingerprint density at radius 3 is 2.57 bits per heavy atom. The van der Waals surface area contributed by atoms with E-state index in [9.17, 15) is 26.4 Å². The molecule has 44 heavy (non-hydrogen) atoms. The fraction of sp³-hybridized carbons (Fsp3) is 0.393. The summed E-state index contributed by atoms with van der Waals surface area (Å²) in [5.41, 5.74) is -0.0265. The quantitative estimate of drug-likeness (QED) is 0.281. The average Bonchev–Trinajstić information content (AvgIpc) is 3.35. The number of hydrogen-bond donors (Lipinski definition) is 3. The van der Waals surface area contributed by atoms with Crippen LogP contribution in [-0.4, -0.2) is 75.8 Å². The highest BCUT2D eigenvalue weighted by Gasteiger charge is 2.35. The molecule has 11 nitrogen and oxygen atoms in total. The molecule has 2 heterocycles. The second-order valence-electron chi connectivity index (χ2n) is 10.5. The summed E-state index contributed by atoms with van der Waals surface area (Å²) < 4.78 is 87.4. The summed E-state index contributed by atoms with van der Waals surface area (Å²) in [6.45, 7) is 2.97. The molecule has 1 atom stereocenters. The number of carbonyl (C=O) groups is 1. The maximum atomic E-state index is 15.1. The molecule has 1 amide bonds. The molecule has 2 aromatic carbocycles. The summed E-state index contributed by atoms with van der Waals surface area (Å²) in [6, 6.07) is 6.93. The molecule has 4 rings (SSSR count). The highest BCUT2D eigenvalue weighted by Crippen LogP contribution is 2.36. The summed E-state index contributed by atoms with van der Waals surface area (Å²) in [6.07, 6.45) is -2.52. The molecule has 1 aromatic heterocycles. The number of rotatable bonds is 10. The Morgan fingerprint density at radius 1 is 1.23 bits per heavy atom. The molecule has 1 aliphatic heterocycles. The lowest BCUT2D eigenvalue weighted by molar-refractivity contribution is -0.137. The fourth-order valence-electron chi connectivity index (χ4n) is 4.69. The number of likely N-dealkylation sites (N-methyl/N-ethyl adjacent to an activating group) is 1. The first kappa shape index (κ1) is 32.7. The summed E-state index contributed by atoms with van der Waals surface area (Å²) in [5, 5.41) is 8.09. The smallest absolute Gasteiger partial charge is 0.421 e. The van der Waals surface area contributed by atoms with Crippen molar-refractivity contribution in [1.29, 1.82) is 0 Å². The Balaban J connectivity index is 1.61. The van der Waals surface area contributed by atoms with E-state index in [1.54, 1.807) is 25.1 Å². The van der Waals surface area contributed by atoms with E-state index < -0.39 is 39.3 Å². The van der Waals surface area contributed by atoms with Crippen molar-refractivity contribution < 1.29 is 35.5 Å². The Hall–Kier alpha value is -4.18. The normalized spacial score (nSPS) is 15.6. The Morgan fingerprint density at radius 2 is 1.95 bits per heavy atom. The van der Waals surface area contributed by atoms with Crippen LogP contribution in [0.1, 0.15) is 33.5 Å². The van der Waals surface area contributed by atoms with Gasteiger partial charge in [0.1, 0.15) is 22.9 Å². The van der Waals surface area contributed by atoms with Crippen molar-refractivity contribution in [2.45, 2.75) is 32.1 Å². The fourth-order valence-corrected chi connectivity index (χ4v) is 5.22. The summed E-state index contributed by atoms with van der Waals surface area (Å²) in [4.78, 5) is 22.5. The average molecular weight is 640 g/mol. The number of ether oxygens (including phenoxy) is 1. The number of methoxy groups -OCH3 is 1. The first-order valence-electron chi connectivity index (χ1n) is 13.4. The molecule has 0 spiro atoms. The molecule has 1 saturated heterocycles. The van der Waals surface area contributed by atoms with Crippen molar-refractivity contribution in [2.24, 2.45) is 0 Å². The van der Waals surface area contributed by atoms with Crippen LogP contribution in [0.4, 0.5) is 40.7 Å². The van der Waals surface area contributed by atoms with Gasteiger partial charge < -0.3 is 25.6 Å². The van der Waals surface area contributed by atoms with Crippen LogP contribution in [0, 0.1) is 12.7 Å². The van der Waals surface area contributed by atoms with E-state index in [-0.39, 0.29) is 41.2 Å². The highest BCUT2D eigenvalue weighted by atomic mass is 32.2. The number of anilines is 4. The number of hydrogen-bond acceptors (Lipinski definition) is 9. The topological polar surface area (TPSA) is 129 Å². The van der Waals surface area contributed by atoms with Gasteiger partial charge in [-0.15, -0.1) is 0 Å². The number of amides is 1. The van der Waals surface area contributed by atoms with Gasteiger partial charge in [0.15, 0.2) is 0 Å². The van der Waals surface area contributed by atoms with E-state index in [0.29, 0.717) is 18.3 Å². The van der Waals surface area contributed by atoms with Gasteiger partial charge in [-0.1, -0.05) is 12.1 Å². The Kier molecular flexibility index (Phi) is 9.53. The molecule has 1 fully saturated rings. The zero-order chi connectivity index (χ0) is 32.4. The van der Waals surface area contributed by atoms with Crippen LogP contribution in [0.3, 0.4) is 0 Å². The van der Waals surface area contributed by atoms with Gasteiger partial charge in [0.05, 0.1) is 30.3 Å². The minimum atomic E-state index is -4.83. The SMILES string of the molecule is COc1cc(C(=O)NC2CCN(C)C2)c(F)cc1Nc1ncc(C(F)(F)F)c(NCc2ccc(C)cc2N(C)S(C)(=O)=O)n1. The molecule has 0 bridgehead atoms. The highest BCUT2D eigenvalue weighted by molar-refractivity contribution is 7.92. The van der Waals surface area contributed by atoms with Crippen molar-refractivity contribution in [1.82, 2.24) is 20.2 Å². The number of nitrogens with one attached hydrogen (secondary N) is 3. The van der Waals surface area contributed by atoms with E-state index in [1.165, 1.54) is 20.2 Å². The van der Waals surface area contributed by atoms with Gasteiger partial charge >= 0.3 is 6.18 Å². The zero-order valence-corrected chi connectivity index (χ0v) is 25.5. The molecular formula is C28H33F4N7O4S. The number of likely N-dealkylation sites (tertiary alicyclic amines) is 1. The monoisotopic (exact) mass is 639 g/mol. The van der Waals surface area contributed by atoms with Crippen LogP contribution in [-0.2, 0) is 22.7 Å². The number of benzene rings is 2. The van der Waals surface area contributed by atoms with Crippen LogP contribution in [0.2, 0.25) is 0 Å². The van der Waals surface area contributed by atoms with Crippen LogP contribution in [0.15, 0.2) is 36.5 Å². The number of aromatic nitrogens is 2. The molecule has 238 valence electrons. The number of nitrogens with zero attached hydrogens (tertiary/aromatic N) is 4. The van der Waals surface area contributed by atoms with Crippen LogP contribution < -0.4 is 25.0 Å². The van der Waals surface area contributed by atoms with Crippen molar-refractivity contribution >= 4 is 39.1 Å². The van der Waals surface area contributed by atoms with Gasteiger partial charge in [-0.3, -0.25) is 9.10 Å². The van der Waals surface area contributed by atoms with Crippen molar-refractivity contribution in [3.63, 3.8) is 0 Å². The lowest BCUT2D eigenvalue weighted by atomic mass is 10.1. The van der Waals surface area contributed by atoms with Gasteiger partial charge in [0.2, 0.25) is 16.0 Å². The number of sulfonamides is 1. The molecule has 0 radical (unpaired) electrons. The number of aryl methyl sites for hydroxylation is 1. The number of carbonyl (C=O) groups excluding carboxylic acids is 1. The lowest BCUT2D eigenvalue weighted by Crippen LogP contribution is -2.36. The molecule has 1 aliphatic rings. The third-order valence-electron chi connectivity index (χ3n) is 7.12. The van der Waals surface area contributed by atoms with Crippen molar-refractivity contribution in [2.75, 3.05) is 55.5 Å². The zero-order valence-electron chi connectivity index (χ0n) is 24.7. The van der Waals surface area contributed by atoms with Crippen molar-refractivity contribution in [3.05, 3.63) is 64.6 Å². The van der Waals surface area contributed by atoms with Gasteiger partial charge in [-0.05, 0) is 50.2 Å². The maximum absolute atomic E-state index is 15.1. The molecule has 16 heteroatoms. The van der Waals surface area contributed by atoms with E-state index in [2.05, 4.69) is 25.9 Å². The molecule has 0 aliphatic carbocycles. The summed E-state index contributed by atoms with van der Waals surface area (Å²) in [7, 11) is 0.892. The van der Waals surface area contributed by atoms with E-state index >= 15 is 4.39 Å². The molecule has 3 aromatic rings. The predicted molar refractivity (Wildman–Crippen MR) is 158 cm³/mol. The van der Waals surface area contributed by atoms with Crippen molar-refractivity contribution in [3.8, 4) is 5.75 Å². The number of halogens is 4. The predicted octanol–water partition coefficient (Wildman–Crippen LogP) is 4.14. The standard InChI is InChI=1S/C28H33F4N7O4S/c1-16-6-7-17(23(10-16)39(3)44(5,41)42)13-33-25-20(28(30,31)32)14-34-27(37-25)36-22-12-21(29)19(11-24(22)43-4)26(40)35-18-8-9-38(2)15-18/h6-7,10-12,14,18H,8-9,13,15H2,1-5H3,(H,35,40)(H2,33,34,36,37). The van der Waals surface area contributed by atoms with Gasteiger partial charge in [0, 0.05) is 38.4 Å². The largest absolute Gasteiger partial charge is 0.495 e. The second kappa shape index (κ2) is 12.8. The first-order valence-corrected chi connectivity index (χ1v) is 15.3. The van der Waals surface area contributed by atoms with Gasteiger partial charge in [-0.25, -0.2) is 17.8 Å². The van der Waals surface area contributed by atoms with E-state index in [4.69, 9.17) is 4.74 Å². The minimum Gasteiger partial charge on any atom is -0.495 e. The van der Waals surface area contributed by atoms with E-state index in [1.807, 2.05) is 11.9 Å².